The number of nitrogens with one attached hydrogen (secondary N) is 1. The zero-order valence-electron chi connectivity index (χ0n) is 15.9. The first kappa shape index (κ1) is 19.3. The Bertz CT molecular complexity index is 1060. The quantitative estimate of drug-likeness (QED) is 0.561. The highest BCUT2D eigenvalue weighted by molar-refractivity contribution is 7.78. The number of fused-ring (bicyclic) bond motifs is 1. The van der Waals surface area contributed by atoms with Crippen LogP contribution in [0.3, 0.4) is 0 Å². The molecule has 8 nitrogen and oxygen atoms in total. The predicted octanol–water partition coefficient (Wildman–Crippen LogP) is 4.03. The van der Waals surface area contributed by atoms with Crippen molar-refractivity contribution in [2.75, 3.05) is 12.4 Å². The molecule has 2 heterocycles. The fourth-order valence-corrected chi connectivity index (χ4v) is 3.72. The summed E-state index contributed by atoms with van der Waals surface area (Å²) in [6, 6.07) is 8.42. The average molecular weight is 411 g/mol. The lowest BCUT2D eigenvalue weighted by Gasteiger charge is -2.22. The van der Waals surface area contributed by atoms with Crippen LogP contribution < -0.4 is 10.1 Å². The van der Waals surface area contributed by atoms with Gasteiger partial charge in [0.05, 0.1) is 19.0 Å². The molecule has 4 rings (SSSR count). The standard InChI is InChI=1S/C20H21N5O3S/c1-28-17-10-12(6-9-16(17)26)14-7-8-15-19(22-14)23-18(11-21-15)24-20(27)25(29)13-4-2-3-5-13/h6-11,13,26,29H,2-5H2,1H3,(H,22,23,24,27). The van der Waals surface area contributed by atoms with E-state index in [9.17, 15) is 9.90 Å². The predicted molar refractivity (Wildman–Crippen MR) is 113 cm³/mol. The number of nitrogens with zero attached hydrogens (tertiary/aromatic N) is 4. The molecule has 1 saturated carbocycles. The van der Waals surface area contributed by atoms with Crippen molar-refractivity contribution in [1.82, 2.24) is 19.3 Å². The van der Waals surface area contributed by atoms with Crippen molar-refractivity contribution in [3.05, 3.63) is 36.5 Å². The molecule has 0 radical (unpaired) electrons. The second kappa shape index (κ2) is 8.12. The smallest absolute Gasteiger partial charge is 0.333 e. The number of ether oxygens (including phenoxy) is 1. The normalized spacial score (nSPS) is 14.1. The van der Waals surface area contributed by atoms with Crippen LogP contribution >= 0.6 is 12.8 Å². The summed E-state index contributed by atoms with van der Waals surface area (Å²) in [5, 5.41) is 12.5. The Labute approximate surface area is 173 Å². The third kappa shape index (κ3) is 4.04. The molecule has 0 bridgehead atoms. The minimum atomic E-state index is -0.326. The highest BCUT2D eigenvalue weighted by Gasteiger charge is 2.24. The summed E-state index contributed by atoms with van der Waals surface area (Å²) in [6.45, 7) is 0. The van der Waals surface area contributed by atoms with Crippen molar-refractivity contribution in [2.45, 2.75) is 31.7 Å². The Kier molecular flexibility index (Phi) is 5.39. The topological polar surface area (TPSA) is 100 Å². The van der Waals surface area contributed by atoms with Crippen LogP contribution in [0.15, 0.2) is 36.5 Å². The largest absolute Gasteiger partial charge is 0.504 e. The van der Waals surface area contributed by atoms with E-state index in [1.807, 2.05) is 6.07 Å². The monoisotopic (exact) mass is 411 g/mol. The van der Waals surface area contributed by atoms with E-state index in [2.05, 4.69) is 33.1 Å². The summed E-state index contributed by atoms with van der Waals surface area (Å²) < 4.78 is 6.59. The Morgan fingerprint density at radius 3 is 2.79 bits per heavy atom. The number of phenolic OH excluding ortho intramolecular Hbond substituents is 1. The second-order valence-corrected chi connectivity index (χ2v) is 7.33. The van der Waals surface area contributed by atoms with E-state index in [0.29, 0.717) is 28.4 Å². The minimum Gasteiger partial charge on any atom is -0.504 e. The number of benzene rings is 1. The number of phenols is 1. The van der Waals surface area contributed by atoms with Gasteiger partial charge in [0, 0.05) is 11.6 Å². The fourth-order valence-electron chi connectivity index (χ4n) is 3.44. The maximum Gasteiger partial charge on any atom is 0.333 e. The molecule has 29 heavy (non-hydrogen) atoms. The van der Waals surface area contributed by atoms with E-state index < -0.39 is 0 Å². The summed E-state index contributed by atoms with van der Waals surface area (Å²) in [7, 11) is 1.49. The maximum absolute atomic E-state index is 12.4. The van der Waals surface area contributed by atoms with Gasteiger partial charge in [-0.2, -0.15) is 0 Å². The Morgan fingerprint density at radius 1 is 1.24 bits per heavy atom. The number of methoxy groups -OCH3 is 1. The number of anilines is 1. The fraction of sp³-hybridized carbons (Fsp3) is 0.300. The number of thiol groups is 1. The van der Waals surface area contributed by atoms with Crippen molar-refractivity contribution in [2.24, 2.45) is 0 Å². The van der Waals surface area contributed by atoms with Gasteiger partial charge in [-0.25, -0.2) is 19.7 Å². The number of amides is 2. The van der Waals surface area contributed by atoms with E-state index in [1.54, 1.807) is 24.3 Å². The maximum atomic E-state index is 12.4. The summed E-state index contributed by atoms with van der Waals surface area (Å²) in [5.41, 5.74) is 2.42. The number of urea groups is 1. The molecule has 2 amide bonds. The molecule has 1 aromatic carbocycles. The van der Waals surface area contributed by atoms with Crippen LogP contribution in [0.1, 0.15) is 25.7 Å². The minimum absolute atomic E-state index is 0.0559. The highest BCUT2D eigenvalue weighted by atomic mass is 32.1. The number of rotatable bonds is 4. The van der Waals surface area contributed by atoms with E-state index >= 15 is 0 Å². The Hall–Kier alpha value is -3.07. The van der Waals surface area contributed by atoms with Crippen molar-refractivity contribution in [1.29, 1.82) is 0 Å². The van der Waals surface area contributed by atoms with Gasteiger partial charge in [0.25, 0.3) is 0 Å². The van der Waals surface area contributed by atoms with Gasteiger partial charge in [0.15, 0.2) is 23.0 Å². The molecule has 0 unspecified atom stereocenters. The first-order valence-electron chi connectivity index (χ1n) is 9.35. The lowest BCUT2D eigenvalue weighted by Crippen LogP contribution is -2.34. The molecule has 0 atom stereocenters. The zero-order valence-corrected chi connectivity index (χ0v) is 16.8. The van der Waals surface area contributed by atoms with Gasteiger partial charge in [0.2, 0.25) is 0 Å². The highest BCUT2D eigenvalue weighted by Crippen LogP contribution is 2.31. The summed E-state index contributed by atoms with van der Waals surface area (Å²) >= 11 is 4.34. The molecular weight excluding hydrogens is 390 g/mol. The molecular formula is C20H21N5O3S. The van der Waals surface area contributed by atoms with Crippen molar-refractivity contribution in [3.8, 4) is 22.8 Å². The van der Waals surface area contributed by atoms with Crippen LogP contribution in [0.4, 0.5) is 10.6 Å². The average Bonchev–Trinajstić information content (AvgIpc) is 3.28. The van der Waals surface area contributed by atoms with Crippen LogP contribution in [0.5, 0.6) is 11.5 Å². The van der Waals surface area contributed by atoms with Crippen LogP contribution in [0, 0.1) is 0 Å². The van der Waals surface area contributed by atoms with Crippen LogP contribution in [0.2, 0.25) is 0 Å². The van der Waals surface area contributed by atoms with Crippen LogP contribution in [-0.4, -0.2) is 43.5 Å². The van der Waals surface area contributed by atoms with E-state index in [4.69, 9.17) is 4.74 Å². The molecule has 1 aliphatic rings. The molecule has 1 fully saturated rings. The molecule has 0 saturated heterocycles. The molecule has 150 valence electrons. The summed E-state index contributed by atoms with van der Waals surface area (Å²) in [6.07, 6.45) is 5.64. The number of carbonyl (C=O) groups excluding carboxylic acids is 1. The molecule has 2 aromatic heterocycles. The SMILES string of the molecule is COc1cc(-c2ccc3ncc(NC(=O)N(S)C4CCCC4)nc3n2)ccc1O. The zero-order chi connectivity index (χ0) is 20.4. The van der Waals surface area contributed by atoms with Gasteiger partial charge in [-0.15, -0.1) is 0 Å². The third-order valence-electron chi connectivity index (χ3n) is 5.00. The number of pyridine rings is 1. The number of aromatic hydroxyl groups is 1. The van der Waals surface area contributed by atoms with Gasteiger partial charge in [-0.1, -0.05) is 25.7 Å². The summed E-state index contributed by atoms with van der Waals surface area (Å²) in [5.74, 6) is 0.727. The van der Waals surface area contributed by atoms with Crippen molar-refractivity contribution in [3.63, 3.8) is 0 Å². The number of aromatic nitrogens is 3. The molecule has 0 spiro atoms. The first-order chi connectivity index (χ1) is 14.0. The van der Waals surface area contributed by atoms with E-state index in [0.717, 1.165) is 31.2 Å². The second-order valence-electron chi connectivity index (χ2n) is 6.89. The van der Waals surface area contributed by atoms with Gasteiger partial charge in [0.1, 0.15) is 5.52 Å². The van der Waals surface area contributed by atoms with Gasteiger partial charge >= 0.3 is 6.03 Å². The van der Waals surface area contributed by atoms with Crippen molar-refractivity contribution >= 4 is 35.8 Å². The number of hydrogen-bond donors (Lipinski definition) is 3. The molecule has 9 heteroatoms. The third-order valence-corrected chi connectivity index (χ3v) is 5.50. The van der Waals surface area contributed by atoms with Gasteiger partial charge in [-0.3, -0.25) is 9.62 Å². The van der Waals surface area contributed by atoms with Gasteiger partial charge in [-0.05, 0) is 43.2 Å². The summed E-state index contributed by atoms with van der Waals surface area (Å²) in [4.78, 5) is 25.7. The molecule has 2 N–H and O–H groups in total. The van der Waals surface area contributed by atoms with Crippen molar-refractivity contribution < 1.29 is 14.6 Å². The van der Waals surface area contributed by atoms with Crippen LogP contribution in [0.25, 0.3) is 22.4 Å². The lowest BCUT2D eigenvalue weighted by molar-refractivity contribution is 0.230. The van der Waals surface area contributed by atoms with E-state index in [1.165, 1.54) is 17.6 Å². The molecule has 0 aliphatic heterocycles. The first-order valence-corrected chi connectivity index (χ1v) is 9.75. The molecule has 3 aromatic rings. The Balaban J connectivity index is 1.59. The molecule has 1 aliphatic carbocycles. The number of carbonyl (C=O) groups is 1. The Morgan fingerprint density at radius 2 is 2.03 bits per heavy atom. The van der Waals surface area contributed by atoms with Crippen LogP contribution in [-0.2, 0) is 0 Å². The van der Waals surface area contributed by atoms with E-state index in [-0.39, 0.29) is 17.8 Å². The number of hydrogen-bond acceptors (Lipinski definition) is 7. The lowest BCUT2D eigenvalue weighted by atomic mass is 10.1. The van der Waals surface area contributed by atoms with Gasteiger partial charge < -0.3 is 9.84 Å².